The molecule has 1 amide bonds. The number of rotatable bonds is 3. The molecule has 0 radical (unpaired) electrons. The topological polar surface area (TPSA) is 95.3 Å². The summed E-state index contributed by atoms with van der Waals surface area (Å²) in [5.41, 5.74) is 7.49. The number of aromatic nitrogens is 2. The molecule has 0 saturated carbocycles. The fourth-order valence-electron chi connectivity index (χ4n) is 4.67. The molecule has 3 saturated heterocycles. The van der Waals surface area contributed by atoms with Gasteiger partial charge in [0.05, 0.1) is 0 Å². The van der Waals surface area contributed by atoms with E-state index in [0.29, 0.717) is 17.8 Å². The molecule has 1 aromatic carbocycles. The van der Waals surface area contributed by atoms with E-state index in [0.717, 1.165) is 50.9 Å². The van der Waals surface area contributed by atoms with Crippen molar-refractivity contribution in [2.45, 2.75) is 43.8 Å². The van der Waals surface area contributed by atoms with Crippen LogP contribution in [0.15, 0.2) is 34.9 Å². The van der Waals surface area contributed by atoms with Crippen LogP contribution in [0.4, 0.5) is 0 Å². The normalized spacial score (nSPS) is 30.2. The highest BCUT2D eigenvalue weighted by molar-refractivity contribution is 5.83. The van der Waals surface area contributed by atoms with Gasteiger partial charge in [-0.3, -0.25) is 10.2 Å². The van der Waals surface area contributed by atoms with Crippen molar-refractivity contribution in [3.63, 3.8) is 0 Å². The smallest absolute Gasteiger partial charge is 0.249 e. The number of hydrazine groups is 1. The van der Waals surface area contributed by atoms with Gasteiger partial charge in [-0.05, 0) is 32.2 Å². The maximum Gasteiger partial charge on any atom is 0.249 e. The molecular weight excluding hydrogens is 356 g/mol. The largest absolute Gasteiger partial charge is 0.337 e. The highest BCUT2D eigenvalue weighted by Gasteiger charge is 2.45. The molecule has 8 nitrogen and oxygen atoms in total. The number of fused-ring (bicyclic) bond motifs is 1. The van der Waals surface area contributed by atoms with Gasteiger partial charge < -0.3 is 14.7 Å². The number of piperidine rings is 2. The van der Waals surface area contributed by atoms with Gasteiger partial charge in [0.15, 0.2) is 0 Å². The molecule has 0 aliphatic carbocycles. The number of nitrogens with one attached hydrogen (secondary N) is 3. The van der Waals surface area contributed by atoms with Gasteiger partial charge in [0.1, 0.15) is 12.1 Å². The van der Waals surface area contributed by atoms with Crippen molar-refractivity contribution in [3.05, 3.63) is 36.2 Å². The highest BCUT2D eigenvalue weighted by Crippen LogP contribution is 2.33. The van der Waals surface area contributed by atoms with Crippen LogP contribution in [0.1, 0.15) is 37.6 Å². The zero-order chi connectivity index (χ0) is 18.9. The van der Waals surface area contributed by atoms with Crippen LogP contribution < -0.4 is 16.2 Å². The minimum Gasteiger partial charge on any atom is -0.337 e. The summed E-state index contributed by atoms with van der Waals surface area (Å²) in [7, 11) is 0. The Morgan fingerprint density at radius 3 is 2.93 bits per heavy atom. The molecule has 4 heterocycles. The third kappa shape index (κ3) is 3.21. The molecule has 5 rings (SSSR count). The number of carbonyl (C=O) groups is 1. The SMILES string of the molecule is O=C(C1NNC2CCNCC21)N1CCCCC1c1nc(-c2ccccc2)no1. The first kappa shape index (κ1) is 17.8. The summed E-state index contributed by atoms with van der Waals surface area (Å²) in [5.74, 6) is 1.52. The van der Waals surface area contributed by atoms with Gasteiger partial charge in [-0.25, -0.2) is 5.43 Å². The predicted octanol–water partition coefficient (Wildman–Crippen LogP) is 1.24. The summed E-state index contributed by atoms with van der Waals surface area (Å²) in [5, 5.41) is 7.57. The second kappa shape index (κ2) is 7.62. The minimum absolute atomic E-state index is 0.132. The molecule has 4 atom stereocenters. The third-order valence-corrected chi connectivity index (χ3v) is 6.19. The van der Waals surface area contributed by atoms with Gasteiger partial charge in [0.2, 0.25) is 17.6 Å². The predicted molar refractivity (Wildman–Crippen MR) is 103 cm³/mol. The van der Waals surface area contributed by atoms with Crippen molar-refractivity contribution >= 4 is 5.91 Å². The fraction of sp³-hybridized carbons (Fsp3) is 0.550. The van der Waals surface area contributed by atoms with Crippen molar-refractivity contribution in [1.29, 1.82) is 0 Å². The summed E-state index contributed by atoms with van der Waals surface area (Å²) in [6, 6.07) is 9.78. The fourth-order valence-corrected chi connectivity index (χ4v) is 4.67. The standard InChI is InChI=1S/C20H26N6O2/c27-20(17-14-12-21-10-9-15(14)23-24-17)26-11-5-4-8-16(26)19-22-18(25-28-19)13-6-2-1-3-7-13/h1-3,6-7,14-17,21,23-24H,4-5,8-12H2. The Bertz CT molecular complexity index is 825. The minimum atomic E-state index is -0.213. The van der Waals surface area contributed by atoms with E-state index in [-0.39, 0.29) is 23.9 Å². The highest BCUT2D eigenvalue weighted by atomic mass is 16.5. The monoisotopic (exact) mass is 382 g/mol. The van der Waals surface area contributed by atoms with Crippen LogP contribution in [0.5, 0.6) is 0 Å². The number of hydrogen-bond donors (Lipinski definition) is 3. The number of nitrogens with zero attached hydrogens (tertiary/aromatic N) is 3. The van der Waals surface area contributed by atoms with E-state index >= 15 is 0 Å². The van der Waals surface area contributed by atoms with Crippen LogP contribution in [-0.2, 0) is 4.79 Å². The summed E-state index contributed by atoms with van der Waals surface area (Å²) in [6.07, 6.45) is 3.96. The average molecular weight is 382 g/mol. The van der Waals surface area contributed by atoms with E-state index < -0.39 is 0 Å². The molecule has 3 aliphatic rings. The lowest BCUT2D eigenvalue weighted by atomic mass is 9.88. The Kier molecular flexibility index (Phi) is 4.84. The molecule has 0 spiro atoms. The Morgan fingerprint density at radius 1 is 1.14 bits per heavy atom. The van der Waals surface area contributed by atoms with E-state index in [4.69, 9.17) is 4.52 Å². The lowest BCUT2D eigenvalue weighted by molar-refractivity contribution is -0.138. The van der Waals surface area contributed by atoms with Crippen molar-refractivity contribution in [2.24, 2.45) is 5.92 Å². The zero-order valence-electron chi connectivity index (χ0n) is 15.8. The first-order valence-corrected chi connectivity index (χ1v) is 10.2. The van der Waals surface area contributed by atoms with Crippen LogP contribution in [0.2, 0.25) is 0 Å². The molecule has 1 aromatic heterocycles. The molecular formula is C20H26N6O2. The molecule has 4 unspecified atom stereocenters. The van der Waals surface area contributed by atoms with Gasteiger partial charge in [-0.2, -0.15) is 4.98 Å². The van der Waals surface area contributed by atoms with E-state index in [1.807, 2.05) is 35.2 Å². The van der Waals surface area contributed by atoms with Crippen molar-refractivity contribution in [3.8, 4) is 11.4 Å². The van der Waals surface area contributed by atoms with E-state index in [9.17, 15) is 4.79 Å². The van der Waals surface area contributed by atoms with Gasteiger partial charge >= 0.3 is 0 Å². The van der Waals surface area contributed by atoms with Crippen molar-refractivity contribution < 1.29 is 9.32 Å². The second-order valence-corrected chi connectivity index (χ2v) is 7.89. The number of amides is 1. The van der Waals surface area contributed by atoms with E-state index in [1.165, 1.54) is 0 Å². The number of benzene rings is 1. The average Bonchev–Trinajstić information content (AvgIpc) is 3.41. The third-order valence-electron chi connectivity index (χ3n) is 6.19. The second-order valence-electron chi connectivity index (χ2n) is 7.89. The van der Waals surface area contributed by atoms with E-state index in [2.05, 4.69) is 26.3 Å². The Morgan fingerprint density at radius 2 is 2.04 bits per heavy atom. The number of hydrogen-bond acceptors (Lipinski definition) is 7. The first-order valence-electron chi connectivity index (χ1n) is 10.2. The van der Waals surface area contributed by atoms with Gasteiger partial charge in [-0.15, -0.1) is 0 Å². The summed E-state index contributed by atoms with van der Waals surface area (Å²) < 4.78 is 5.60. The Hall–Kier alpha value is -2.29. The summed E-state index contributed by atoms with van der Waals surface area (Å²) in [6.45, 7) is 2.58. The first-order chi connectivity index (χ1) is 13.8. The molecule has 3 aliphatic heterocycles. The Balaban J connectivity index is 1.37. The van der Waals surface area contributed by atoms with Crippen LogP contribution in [-0.4, -0.2) is 52.7 Å². The summed E-state index contributed by atoms with van der Waals surface area (Å²) >= 11 is 0. The van der Waals surface area contributed by atoms with E-state index in [1.54, 1.807) is 0 Å². The van der Waals surface area contributed by atoms with Gasteiger partial charge in [-0.1, -0.05) is 35.5 Å². The Labute approximate surface area is 164 Å². The summed E-state index contributed by atoms with van der Waals surface area (Å²) in [4.78, 5) is 20.0. The van der Waals surface area contributed by atoms with Crippen LogP contribution in [0, 0.1) is 5.92 Å². The van der Waals surface area contributed by atoms with Crippen molar-refractivity contribution in [2.75, 3.05) is 19.6 Å². The zero-order valence-corrected chi connectivity index (χ0v) is 15.8. The molecule has 3 fully saturated rings. The molecule has 8 heteroatoms. The van der Waals surface area contributed by atoms with Crippen molar-refractivity contribution in [1.82, 2.24) is 31.2 Å². The molecule has 3 N–H and O–H groups in total. The van der Waals surface area contributed by atoms with Gasteiger partial charge in [0.25, 0.3) is 0 Å². The van der Waals surface area contributed by atoms with Crippen LogP contribution in [0.3, 0.4) is 0 Å². The van der Waals surface area contributed by atoms with Gasteiger partial charge in [0, 0.05) is 30.6 Å². The number of likely N-dealkylation sites (tertiary alicyclic amines) is 1. The molecule has 148 valence electrons. The maximum atomic E-state index is 13.4. The lowest BCUT2D eigenvalue weighted by Crippen LogP contribution is -2.52. The van der Waals surface area contributed by atoms with Crippen LogP contribution in [0.25, 0.3) is 11.4 Å². The lowest BCUT2D eigenvalue weighted by Gasteiger charge is -2.37. The molecule has 2 aromatic rings. The number of carbonyl (C=O) groups excluding carboxylic acids is 1. The van der Waals surface area contributed by atoms with Crippen LogP contribution >= 0.6 is 0 Å². The molecule has 28 heavy (non-hydrogen) atoms. The maximum absolute atomic E-state index is 13.4. The quantitative estimate of drug-likeness (QED) is 0.735. The molecule has 0 bridgehead atoms.